The van der Waals surface area contributed by atoms with Gasteiger partial charge < -0.3 is 4.74 Å². The van der Waals surface area contributed by atoms with Crippen LogP contribution >= 0.6 is 31.9 Å². The van der Waals surface area contributed by atoms with Gasteiger partial charge in [0.1, 0.15) is 9.56 Å². The lowest BCUT2D eigenvalue weighted by molar-refractivity contribution is 0.292. The van der Waals surface area contributed by atoms with Gasteiger partial charge in [-0.05, 0) is 51.5 Å². The predicted octanol–water partition coefficient (Wildman–Crippen LogP) is 6.93. The van der Waals surface area contributed by atoms with Gasteiger partial charge in [-0.15, -0.1) is 6.58 Å². The van der Waals surface area contributed by atoms with Gasteiger partial charge in [-0.2, -0.15) is 0 Å². The van der Waals surface area contributed by atoms with Gasteiger partial charge >= 0.3 is 0 Å². The summed E-state index contributed by atoms with van der Waals surface area (Å²) < 4.78 is 6.79. The quantitative estimate of drug-likeness (QED) is 0.177. The smallest absolute Gasteiger partial charge is 0.261 e. The van der Waals surface area contributed by atoms with Crippen LogP contribution in [-0.2, 0) is 17.6 Å². The van der Waals surface area contributed by atoms with Gasteiger partial charge in [0.25, 0.3) is 5.56 Å². The average molecular weight is 530 g/mol. The number of alkyl halides is 2. The minimum Gasteiger partial charge on any atom is -0.502 e. The van der Waals surface area contributed by atoms with Crippen molar-refractivity contribution < 1.29 is 4.74 Å². The summed E-state index contributed by atoms with van der Waals surface area (Å²) in [5.74, 6) is 1.70. The summed E-state index contributed by atoms with van der Waals surface area (Å²) in [6.07, 6.45) is 7.97. The molecule has 1 aromatic rings. The molecule has 1 aromatic heterocycles. The SMILES string of the molecule is C=C(C)CCc1c(CCC)nc(C(Br)Br)n(/C(=C/C/C=C(\C)OC)C(C)C)c1=O. The number of rotatable bonds is 11. The summed E-state index contributed by atoms with van der Waals surface area (Å²) >= 11 is 7.16. The summed E-state index contributed by atoms with van der Waals surface area (Å²) in [5.41, 5.74) is 3.74. The highest BCUT2D eigenvalue weighted by molar-refractivity contribution is 9.24. The van der Waals surface area contributed by atoms with Crippen molar-refractivity contribution in [2.75, 3.05) is 7.11 Å². The Hall–Kier alpha value is -1.14. The Labute approximate surface area is 192 Å². The number of allylic oxidation sites excluding steroid dienone is 5. The van der Waals surface area contributed by atoms with Crippen molar-refractivity contribution in [3.63, 3.8) is 0 Å². The van der Waals surface area contributed by atoms with E-state index in [2.05, 4.69) is 65.3 Å². The minimum absolute atomic E-state index is 0.0241. The molecule has 0 aliphatic carbocycles. The van der Waals surface area contributed by atoms with Crippen LogP contribution in [0.2, 0.25) is 0 Å². The van der Waals surface area contributed by atoms with Gasteiger partial charge in [-0.3, -0.25) is 9.36 Å². The average Bonchev–Trinajstić information content (AvgIpc) is 2.64. The van der Waals surface area contributed by atoms with E-state index in [1.807, 2.05) is 19.9 Å². The number of nitrogens with zero attached hydrogens (tertiary/aromatic N) is 2. The van der Waals surface area contributed by atoms with Crippen molar-refractivity contribution in [1.82, 2.24) is 9.55 Å². The Bertz CT molecular complexity index is 821. The molecule has 6 heteroatoms. The fourth-order valence-electron chi connectivity index (χ4n) is 3.06. The van der Waals surface area contributed by atoms with Crippen LogP contribution in [0.4, 0.5) is 0 Å². The van der Waals surface area contributed by atoms with Crippen molar-refractivity contribution in [2.45, 2.75) is 70.5 Å². The van der Waals surface area contributed by atoms with E-state index in [0.717, 1.165) is 47.5 Å². The molecule has 0 amide bonds. The third-order valence-corrected chi connectivity index (χ3v) is 5.49. The van der Waals surface area contributed by atoms with Crippen molar-refractivity contribution in [2.24, 2.45) is 5.92 Å². The number of hydrogen-bond donors (Lipinski definition) is 0. The van der Waals surface area contributed by atoms with Crippen LogP contribution in [-0.4, -0.2) is 16.7 Å². The molecule has 1 rings (SSSR count). The molecule has 0 fully saturated rings. The number of methoxy groups -OCH3 is 1. The molecule has 162 valence electrons. The Morgan fingerprint density at radius 1 is 1.24 bits per heavy atom. The molecule has 0 saturated heterocycles. The molecule has 0 aliphatic heterocycles. The molecule has 0 radical (unpaired) electrons. The van der Waals surface area contributed by atoms with Gasteiger partial charge in [-0.25, -0.2) is 4.98 Å². The highest BCUT2D eigenvalue weighted by Crippen LogP contribution is 2.31. The molecule has 0 saturated carbocycles. The first kappa shape index (κ1) is 25.9. The molecule has 0 aliphatic rings. The lowest BCUT2D eigenvalue weighted by Gasteiger charge is -2.22. The number of aryl methyl sites for hydroxylation is 1. The standard InChI is InChI=1S/C23H34Br2N2O2/c1-8-10-19-18(14-13-15(2)3)23(28)27(22(26-19)21(24)25)20(16(4)5)12-9-11-17(6)29-7/h11-12,16,21H,2,8-10,13-14H2,1,3-7H3/b17-11+,20-12+. The number of aromatic nitrogens is 2. The second kappa shape index (κ2) is 12.5. The number of hydrogen-bond acceptors (Lipinski definition) is 3. The highest BCUT2D eigenvalue weighted by atomic mass is 79.9. The molecule has 0 bridgehead atoms. The highest BCUT2D eigenvalue weighted by Gasteiger charge is 2.22. The lowest BCUT2D eigenvalue weighted by Crippen LogP contribution is -2.31. The molecule has 0 spiro atoms. The van der Waals surface area contributed by atoms with Crippen LogP contribution in [0.5, 0.6) is 0 Å². The zero-order valence-corrected chi connectivity index (χ0v) is 21.7. The summed E-state index contributed by atoms with van der Waals surface area (Å²) in [6, 6.07) is 0. The van der Waals surface area contributed by atoms with E-state index in [0.29, 0.717) is 18.7 Å². The van der Waals surface area contributed by atoms with Gasteiger partial charge in [0.15, 0.2) is 0 Å². The normalized spacial score (nSPS) is 12.8. The van der Waals surface area contributed by atoms with Crippen LogP contribution in [0.15, 0.2) is 34.9 Å². The molecular weight excluding hydrogens is 496 g/mol. The lowest BCUT2D eigenvalue weighted by atomic mass is 10.0. The van der Waals surface area contributed by atoms with Crippen LogP contribution in [0, 0.1) is 5.92 Å². The van der Waals surface area contributed by atoms with Crippen molar-refractivity contribution in [3.8, 4) is 0 Å². The predicted molar refractivity (Wildman–Crippen MR) is 131 cm³/mol. The molecule has 0 unspecified atom stereocenters. The van der Waals surface area contributed by atoms with Gasteiger partial charge in [0.05, 0.1) is 18.6 Å². The zero-order chi connectivity index (χ0) is 22.1. The van der Waals surface area contributed by atoms with Crippen molar-refractivity contribution in [3.05, 3.63) is 57.5 Å². The Morgan fingerprint density at radius 2 is 1.90 bits per heavy atom. The van der Waals surface area contributed by atoms with Crippen LogP contribution < -0.4 is 5.56 Å². The van der Waals surface area contributed by atoms with Gasteiger partial charge in [0, 0.05) is 11.3 Å². The summed E-state index contributed by atoms with van der Waals surface area (Å²) in [4.78, 5) is 18.6. The third-order valence-electron chi connectivity index (χ3n) is 4.68. The molecule has 29 heavy (non-hydrogen) atoms. The van der Waals surface area contributed by atoms with Gasteiger partial charge in [-0.1, -0.05) is 70.7 Å². The van der Waals surface area contributed by atoms with E-state index < -0.39 is 0 Å². The Balaban J connectivity index is 3.70. The van der Waals surface area contributed by atoms with E-state index in [-0.39, 0.29) is 15.2 Å². The maximum absolute atomic E-state index is 13.7. The Morgan fingerprint density at radius 3 is 2.38 bits per heavy atom. The third kappa shape index (κ3) is 7.56. The molecule has 1 heterocycles. The summed E-state index contributed by atoms with van der Waals surface area (Å²) in [5, 5.41) is 0. The fourth-order valence-corrected chi connectivity index (χ4v) is 3.68. The first-order valence-corrected chi connectivity index (χ1v) is 11.9. The van der Waals surface area contributed by atoms with E-state index >= 15 is 0 Å². The molecule has 0 N–H and O–H groups in total. The van der Waals surface area contributed by atoms with Crippen LogP contribution in [0.1, 0.15) is 74.7 Å². The van der Waals surface area contributed by atoms with E-state index in [1.54, 1.807) is 11.7 Å². The zero-order valence-electron chi connectivity index (χ0n) is 18.5. The maximum atomic E-state index is 13.7. The van der Waals surface area contributed by atoms with E-state index in [1.165, 1.54) is 0 Å². The van der Waals surface area contributed by atoms with Gasteiger partial charge in [0.2, 0.25) is 0 Å². The number of ether oxygens (including phenoxy) is 1. The van der Waals surface area contributed by atoms with Crippen molar-refractivity contribution >= 4 is 37.6 Å². The van der Waals surface area contributed by atoms with Crippen molar-refractivity contribution in [1.29, 1.82) is 0 Å². The molecule has 4 nitrogen and oxygen atoms in total. The second-order valence-electron chi connectivity index (χ2n) is 7.58. The summed E-state index contributed by atoms with van der Waals surface area (Å²) in [7, 11) is 1.66. The van der Waals surface area contributed by atoms with E-state index in [9.17, 15) is 4.79 Å². The molecular formula is C23H34Br2N2O2. The number of halogens is 2. The topological polar surface area (TPSA) is 44.1 Å². The molecule has 0 aromatic carbocycles. The second-order valence-corrected chi connectivity index (χ2v) is 10.6. The minimum atomic E-state index is -0.216. The maximum Gasteiger partial charge on any atom is 0.261 e. The first-order valence-electron chi connectivity index (χ1n) is 10.1. The Kier molecular flexibility index (Phi) is 11.2. The van der Waals surface area contributed by atoms with Crippen LogP contribution in [0.25, 0.3) is 5.70 Å². The fraction of sp³-hybridized carbons (Fsp3) is 0.565. The van der Waals surface area contributed by atoms with Crippen LogP contribution in [0.3, 0.4) is 0 Å². The summed E-state index contributed by atoms with van der Waals surface area (Å²) in [6.45, 7) is 14.2. The monoisotopic (exact) mass is 528 g/mol. The first-order chi connectivity index (χ1) is 13.6. The molecule has 0 atom stereocenters. The largest absolute Gasteiger partial charge is 0.502 e. The van der Waals surface area contributed by atoms with E-state index in [4.69, 9.17) is 9.72 Å².